The number of piperidine rings is 1. The van der Waals surface area contributed by atoms with E-state index in [0.29, 0.717) is 23.7 Å². The third kappa shape index (κ3) is 4.37. The van der Waals surface area contributed by atoms with E-state index in [2.05, 4.69) is 29.6 Å². The number of carbonyl (C=O) groups excluding carboxylic acids is 1. The summed E-state index contributed by atoms with van der Waals surface area (Å²) in [4.78, 5) is 12.7. The number of nitrogens with zero attached hydrogens (tertiary/aromatic N) is 1. The maximum atomic E-state index is 12.7. The molecule has 1 aliphatic rings. The van der Waals surface area contributed by atoms with Gasteiger partial charge in [-0.15, -0.1) is 11.3 Å². The average molecular weight is 429 g/mol. The summed E-state index contributed by atoms with van der Waals surface area (Å²) in [6, 6.07) is 17.8. The van der Waals surface area contributed by atoms with E-state index in [-0.39, 0.29) is 18.4 Å². The summed E-state index contributed by atoms with van der Waals surface area (Å²) in [5.74, 6) is -0.359. The second-order valence-corrected chi connectivity index (χ2v) is 10.4. The first-order valence-electron chi connectivity index (χ1n) is 9.84. The summed E-state index contributed by atoms with van der Waals surface area (Å²) in [7, 11) is -3.50. The van der Waals surface area contributed by atoms with Crippen molar-refractivity contribution in [3.8, 4) is 0 Å². The fraction of sp³-hybridized carbons (Fsp3) is 0.318. The number of carbonyl (C=O) groups is 1. The molecule has 0 radical (unpaired) electrons. The average Bonchev–Trinajstić information content (AvgIpc) is 3.30. The van der Waals surface area contributed by atoms with Gasteiger partial charge in [0.15, 0.2) is 0 Å². The van der Waals surface area contributed by atoms with E-state index in [4.69, 9.17) is 0 Å². The van der Waals surface area contributed by atoms with Gasteiger partial charge in [0.25, 0.3) is 10.0 Å². The Morgan fingerprint density at radius 1 is 1.10 bits per heavy atom. The SMILES string of the molecule is O=C(NCCc1cccc2ccccc12)C1CCCN(S(=O)(=O)c2cccs2)C1. The Hall–Kier alpha value is -2.22. The van der Waals surface area contributed by atoms with Gasteiger partial charge < -0.3 is 5.32 Å². The summed E-state index contributed by atoms with van der Waals surface area (Å²) < 4.78 is 27.3. The topological polar surface area (TPSA) is 66.5 Å². The number of hydrogen-bond donors (Lipinski definition) is 1. The number of fused-ring (bicyclic) bond motifs is 1. The number of nitrogens with one attached hydrogen (secondary N) is 1. The molecule has 4 rings (SSSR count). The first-order valence-corrected chi connectivity index (χ1v) is 12.2. The lowest BCUT2D eigenvalue weighted by Gasteiger charge is -2.30. The molecule has 1 aromatic heterocycles. The zero-order valence-corrected chi connectivity index (χ0v) is 17.7. The van der Waals surface area contributed by atoms with E-state index >= 15 is 0 Å². The first-order chi connectivity index (χ1) is 14.1. The fourth-order valence-corrected chi connectivity index (χ4v) is 6.56. The molecule has 1 atom stereocenters. The van der Waals surface area contributed by atoms with E-state index < -0.39 is 10.0 Å². The van der Waals surface area contributed by atoms with Crippen LogP contribution in [0.4, 0.5) is 0 Å². The number of hydrogen-bond acceptors (Lipinski definition) is 4. The van der Waals surface area contributed by atoms with E-state index in [0.717, 1.165) is 12.8 Å². The van der Waals surface area contributed by atoms with E-state index in [1.54, 1.807) is 17.5 Å². The molecule has 1 unspecified atom stereocenters. The summed E-state index contributed by atoms with van der Waals surface area (Å²) in [6.07, 6.45) is 2.17. The molecule has 0 aliphatic carbocycles. The minimum absolute atomic E-state index is 0.0590. The molecule has 1 fully saturated rings. The Balaban J connectivity index is 1.36. The van der Waals surface area contributed by atoms with E-state index in [9.17, 15) is 13.2 Å². The molecular weight excluding hydrogens is 404 g/mol. The lowest BCUT2D eigenvalue weighted by molar-refractivity contribution is -0.126. The van der Waals surface area contributed by atoms with E-state index in [1.165, 1.54) is 32.0 Å². The molecule has 3 aromatic rings. The molecule has 0 saturated carbocycles. The Morgan fingerprint density at radius 2 is 1.93 bits per heavy atom. The van der Waals surface area contributed by atoms with Crippen LogP contribution >= 0.6 is 11.3 Å². The number of rotatable bonds is 6. The molecule has 1 aliphatic heterocycles. The van der Waals surface area contributed by atoms with Crippen LogP contribution in [0.3, 0.4) is 0 Å². The first kappa shape index (κ1) is 20.1. The highest BCUT2D eigenvalue weighted by atomic mass is 32.2. The van der Waals surface area contributed by atoms with Gasteiger partial charge in [-0.2, -0.15) is 4.31 Å². The minimum Gasteiger partial charge on any atom is -0.355 e. The van der Waals surface area contributed by atoms with Crippen molar-refractivity contribution in [1.29, 1.82) is 0 Å². The highest BCUT2D eigenvalue weighted by Gasteiger charge is 2.33. The van der Waals surface area contributed by atoms with Gasteiger partial charge in [0.05, 0.1) is 5.92 Å². The monoisotopic (exact) mass is 428 g/mol. The number of amides is 1. The zero-order chi connectivity index (χ0) is 20.3. The molecule has 5 nitrogen and oxygen atoms in total. The van der Waals surface area contributed by atoms with Gasteiger partial charge in [-0.1, -0.05) is 48.5 Å². The van der Waals surface area contributed by atoms with Crippen molar-refractivity contribution in [3.05, 3.63) is 65.5 Å². The van der Waals surface area contributed by atoms with Crippen LogP contribution in [0.2, 0.25) is 0 Å². The Bertz CT molecular complexity index is 1090. The Morgan fingerprint density at radius 3 is 2.76 bits per heavy atom. The van der Waals surface area contributed by atoms with Crippen molar-refractivity contribution in [1.82, 2.24) is 9.62 Å². The van der Waals surface area contributed by atoms with Crippen molar-refractivity contribution >= 4 is 38.0 Å². The highest BCUT2D eigenvalue weighted by molar-refractivity contribution is 7.91. The minimum atomic E-state index is -3.50. The van der Waals surface area contributed by atoms with Crippen molar-refractivity contribution in [2.24, 2.45) is 5.92 Å². The van der Waals surface area contributed by atoms with Gasteiger partial charge in [0.1, 0.15) is 4.21 Å². The van der Waals surface area contributed by atoms with Gasteiger partial charge in [-0.05, 0) is 47.0 Å². The van der Waals surface area contributed by atoms with Gasteiger partial charge >= 0.3 is 0 Å². The molecule has 1 N–H and O–H groups in total. The standard InChI is InChI=1S/C22H24N2O3S2/c25-22(23-13-12-18-8-3-7-17-6-1-2-10-20(17)18)19-9-4-14-24(16-19)29(26,27)21-11-5-15-28-21/h1-3,5-8,10-11,15,19H,4,9,12-14,16H2,(H,23,25). The molecular formula is C22H24N2O3S2. The lowest BCUT2D eigenvalue weighted by atomic mass is 9.98. The molecule has 7 heteroatoms. The molecule has 29 heavy (non-hydrogen) atoms. The molecule has 0 bridgehead atoms. The normalized spacial score (nSPS) is 18.0. The van der Waals surface area contributed by atoms with Crippen LogP contribution in [-0.4, -0.2) is 38.3 Å². The highest BCUT2D eigenvalue weighted by Crippen LogP contribution is 2.26. The number of thiophene rings is 1. The van der Waals surface area contributed by atoms with Gasteiger partial charge in [-0.25, -0.2) is 8.42 Å². The van der Waals surface area contributed by atoms with Crippen LogP contribution in [0.15, 0.2) is 64.2 Å². The number of sulfonamides is 1. The molecule has 1 saturated heterocycles. The Kier molecular flexibility index (Phi) is 5.99. The smallest absolute Gasteiger partial charge is 0.252 e. The van der Waals surface area contributed by atoms with Crippen LogP contribution in [0.25, 0.3) is 10.8 Å². The predicted octanol–water partition coefficient (Wildman–Crippen LogP) is 3.66. The largest absolute Gasteiger partial charge is 0.355 e. The summed E-state index contributed by atoms with van der Waals surface area (Å²) in [5, 5.41) is 7.17. The summed E-state index contributed by atoms with van der Waals surface area (Å²) >= 11 is 1.22. The van der Waals surface area contributed by atoms with Crippen molar-refractivity contribution in [2.45, 2.75) is 23.5 Å². The van der Waals surface area contributed by atoms with Gasteiger partial charge in [0, 0.05) is 19.6 Å². The third-order valence-corrected chi connectivity index (χ3v) is 8.66. The third-order valence-electron chi connectivity index (χ3n) is 5.42. The second-order valence-electron chi connectivity index (χ2n) is 7.31. The van der Waals surface area contributed by atoms with Crippen LogP contribution in [0, 0.1) is 5.92 Å². The molecule has 2 heterocycles. The van der Waals surface area contributed by atoms with Crippen LogP contribution in [0.1, 0.15) is 18.4 Å². The Labute approximate surface area is 175 Å². The zero-order valence-electron chi connectivity index (χ0n) is 16.1. The summed E-state index contributed by atoms with van der Waals surface area (Å²) in [6.45, 7) is 1.27. The van der Waals surface area contributed by atoms with Gasteiger partial charge in [0.2, 0.25) is 5.91 Å². The van der Waals surface area contributed by atoms with Crippen LogP contribution in [0.5, 0.6) is 0 Å². The molecule has 0 spiro atoms. The maximum absolute atomic E-state index is 12.7. The van der Waals surface area contributed by atoms with Crippen LogP contribution in [-0.2, 0) is 21.2 Å². The van der Waals surface area contributed by atoms with Crippen molar-refractivity contribution in [2.75, 3.05) is 19.6 Å². The predicted molar refractivity (Wildman–Crippen MR) is 116 cm³/mol. The maximum Gasteiger partial charge on any atom is 0.252 e. The van der Waals surface area contributed by atoms with Crippen molar-refractivity contribution in [3.63, 3.8) is 0 Å². The lowest BCUT2D eigenvalue weighted by Crippen LogP contribution is -2.45. The van der Waals surface area contributed by atoms with Crippen molar-refractivity contribution < 1.29 is 13.2 Å². The van der Waals surface area contributed by atoms with Crippen LogP contribution < -0.4 is 5.32 Å². The quantitative estimate of drug-likeness (QED) is 0.652. The second kappa shape index (κ2) is 8.65. The fourth-order valence-electron chi connectivity index (χ4n) is 3.89. The summed E-state index contributed by atoms with van der Waals surface area (Å²) in [5.41, 5.74) is 1.20. The van der Waals surface area contributed by atoms with E-state index in [1.807, 2.05) is 18.2 Å². The molecule has 1 amide bonds. The molecule has 152 valence electrons. The number of benzene rings is 2. The van der Waals surface area contributed by atoms with Gasteiger partial charge in [-0.3, -0.25) is 4.79 Å². The molecule has 2 aromatic carbocycles.